The average molecular weight is 304 g/mol. The van der Waals surface area contributed by atoms with E-state index in [9.17, 15) is 9.59 Å². The summed E-state index contributed by atoms with van der Waals surface area (Å²) in [5.74, 6) is 0.00360. The monoisotopic (exact) mass is 304 g/mol. The first-order valence-electron chi connectivity index (χ1n) is 7.66. The lowest BCUT2D eigenvalue weighted by molar-refractivity contribution is -0.121. The lowest BCUT2D eigenvalue weighted by Gasteiger charge is -2.33. The summed E-state index contributed by atoms with van der Waals surface area (Å²) in [6.45, 7) is 7.33. The fourth-order valence-corrected chi connectivity index (χ4v) is 2.58. The Morgan fingerprint density at radius 2 is 2.09 bits per heavy atom. The molecule has 120 valence electrons. The summed E-state index contributed by atoms with van der Waals surface area (Å²) in [6, 6.07) is 8.08. The molecule has 0 aliphatic carbocycles. The van der Waals surface area contributed by atoms with E-state index in [1.54, 1.807) is 4.90 Å². The van der Waals surface area contributed by atoms with Crippen LogP contribution in [0.3, 0.4) is 0 Å². The molecule has 1 fully saturated rings. The van der Waals surface area contributed by atoms with Crippen LogP contribution in [0.1, 0.15) is 31.4 Å². The minimum Gasteiger partial charge on any atom is -0.448 e. The molecule has 2 rings (SSSR count). The smallest absolute Gasteiger partial charge is 0.410 e. The van der Waals surface area contributed by atoms with E-state index in [-0.39, 0.29) is 12.0 Å². The fraction of sp³-hybridized carbons (Fsp3) is 0.529. The lowest BCUT2D eigenvalue weighted by Crippen LogP contribution is -2.52. The van der Waals surface area contributed by atoms with Crippen LogP contribution in [0.2, 0.25) is 0 Å². The Hall–Kier alpha value is -2.04. The van der Waals surface area contributed by atoms with Gasteiger partial charge in [0.25, 0.3) is 0 Å². The van der Waals surface area contributed by atoms with Gasteiger partial charge in [0.1, 0.15) is 6.61 Å². The number of cyclic esters (lactones) is 1. The van der Waals surface area contributed by atoms with Crippen molar-refractivity contribution in [3.8, 4) is 0 Å². The van der Waals surface area contributed by atoms with Gasteiger partial charge in [0.2, 0.25) is 5.91 Å². The maximum Gasteiger partial charge on any atom is 0.410 e. The zero-order chi connectivity index (χ0) is 16.2. The zero-order valence-electron chi connectivity index (χ0n) is 13.5. The molecule has 5 heteroatoms. The van der Waals surface area contributed by atoms with E-state index in [0.29, 0.717) is 26.1 Å². The van der Waals surface area contributed by atoms with Gasteiger partial charge in [0, 0.05) is 13.0 Å². The second-order valence-electron chi connectivity index (χ2n) is 6.28. The summed E-state index contributed by atoms with van der Waals surface area (Å²) in [6.07, 6.45) is 0.870. The van der Waals surface area contributed by atoms with Gasteiger partial charge in [-0.15, -0.1) is 0 Å². The first-order valence-corrected chi connectivity index (χ1v) is 7.66. The van der Waals surface area contributed by atoms with Crippen molar-refractivity contribution in [1.82, 2.24) is 10.2 Å². The zero-order valence-corrected chi connectivity index (χ0v) is 13.5. The summed E-state index contributed by atoms with van der Waals surface area (Å²) in [5.41, 5.74) is 1.96. The number of hydrogen-bond donors (Lipinski definition) is 1. The third-order valence-corrected chi connectivity index (χ3v) is 4.09. The van der Waals surface area contributed by atoms with Crippen molar-refractivity contribution in [2.24, 2.45) is 0 Å². The van der Waals surface area contributed by atoms with Gasteiger partial charge < -0.3 is 10.1 Å². The number of hydrogen-bond acceptors (Lipinski definition) is 3. The number of nitrogens with zero attached hydrogens (tertiary/aromatic N) is 1. The number of rotatable bonds is 6. The van der Waals surface area contributed by atoms with Gasteiger partial charge in [0.15, 0.2) is 0 Å². The van der Waals surface area contributed by atoms with Gasteiger partial charge in [-0.3, -0.25) is 9.69 Å². The molecular weight excluding hydrogens is 280 g/mol. The maximum atomic E-state index is 12.0. The van der Waals surface area contributed by atoms with Crippen LogP contribution in [0.15, 0.2) is 24.3 Å². The van der Waals surface area contributed by atoms with E-state index in [1.807, 2.05) is 32.0 Å². The molecule has 1 aliphatic rings. The van der Waals surface area contributed by atoms with Crippen molar-refractivity contribution in [2.75, 3.05) is 19.7 Å². The summed E-state index contributed by atoms with van der Waals surface area (Å²) < 4.78 is 4.95. The van der Waals surface area contributed by atoms with Gasteiger partial charge in [-0.2, -0.15) is 0 Å². The number of carbonyl (C=O) groups excluding carboxylic acids is 2. The third kappa shape index (κ3) is 4.00. The van der Waals surface area contributed by atoms with Crippen LogP contribution in [-0.2, 0) is 16.0 Å². The fourth-order valence-electron chi connectivity index (χ4n) is 2.58. The second-order valence-corrected chi connectivity index (χ2v) is 6.28. The highest BCUT2D eigenvalue weighted by atomic mass is 16.6. The van der Waals surface area contributed by atoms with Gasteiger partial charge in [0.05, 0.1) is 12.1 Å². The van der Waals surface area contributed by atoms with Gasteiger partial charge in [-0.05, 0) is 38.3 Å². The molecule has 22 heavy (non-hydrogen) atoms. The van der Waals surface area contributed by atoms with Gasteiger partial charge in [-0.25, -0.2) is 4.79 Å². The molecular formula is C17H24N2O3. The van der Waals surface area contributed by atoms with Crippen molar-refractivity contribution in [3.63, 3.8) is 0 Å². The normalized spacial score (nSPS) is 14.9. The Morgan fingerprint density at radius 1 is 1.36 bits per heavy atom. The molecule has 0 unspecified atom stereocenters. The van der Waals surface area contributed by atoms with Crippen LogP contribution >= 0.6 is 0 Å². The van der Waals surface area contributed by atoms with Crippen LogP contribution in [0, 0.1) is 6.92 Å². The van der Waals surface area contributed by atoms with Crippen LogP contribution in [0.4, 0.5) is 4.79 Å². The number of benzene rings is 1. The summed E-state index contributed by atoms with van der Waals surface area (Å²) in [5, 5.41) is 2.92. The predicted octanol–water partition coefficient (Wildman–Crippen LogP) is 2.27. The molecule has 1 N–H and O–H groups in total. The molecule has 1 aliphatic heterocycles. The van der Waals surface area contributed by atoms with E-state index in [0.717, 1.165) is 6.42 Å². The molecule has 0 aromatic heterocycles. The molecule has 2 amide bonds. The Morgan fingerprint density at radius 3 is 2.73 bits per heavy atom. The molecule has 0 atom stereocenters. The molecule has 1 saturated heterocycles. The first kappa shape index (κ1) is 16.3. The lowest BCUT2D eigenvalue weighted by atomic mass is 10.0. The van der Waals surface area contributed by atoms with E-state index < -0.39 is 5.54 Å². The van der Waals surface area contributed by atoms with Crippen LogP contribution in [0.25, 0.3) is 0 Å². The van der Waals surface area contributed by atoms with E-state index in [1.165, 1.54) is 11.1 Å². The first-order chi connectivity index (χ1) is 10.4. The predicted molar refractivity (Wildman–Crippen MR) is 84.6 cm³/mol. The van der Waals surface area contributed by atoms with Crippen LogP contribution < -0.4 is 5.32 Å². The summed E-state index contributed by atoms with van der Waals surface area (Å²) in [7, 11) is 0. The number of ether oxygens (including phenoxy) is 1. The molecule has 0 saturated carbocycles. The summed E-state index contributed by atoms with van der Waals surface area (Å²) in [4.78, 5) is 25.3. The Labute approximate surface area is 131 Å². The SMILES string of the molecule is Cc1ccccc1CCC(=O)NCC(C)(C)N1CCOC1=O. The highest BCUT2D eigenvalue weighted by Gasteiger charge is 2.35. The standard InChI is InChI=1S/C17H24N2O3/c1-13-6-4-5-7-14(13)8-9-15(20)18-12-17(2,3)19-10-11-22-16(19)21/h4-7H,8-12H2,1-3H3,(H,18,20). The molecule has 5 nitrogen and oxygen atoms in total. The van der Waals surface area contributed by atoms with Crippen molar-refractivity contribution >= 4 is 12.0 Å². The van der Waals surface area contributed by atoms with Crippen molar-refractivity contribution < 1.29 is 14.3 Å². The van der Waals surface area contributed by atoms with Crippen LogP contribution in [-0.4, -0.2) is 42.1 Å². The largest absolute Gasteiger partial charge is 0.448 e. The van der Waals surface area contributed by atoms with Crippen molar-refractivity contribution in [3.05, 3.63) is 35.4 Å². The van der Waals surface area contributed by atoms with E-state index >= 15 is 0 Å². The van der Waals surface area contributed by atoms with Gasteiger partial charge in [-0.1, -0.05) is 24.3 Å². The molecule has 1 aromatic rings. The number of amides is 2. The van der Waals surface area contributed by atoms with E-state index in [4.69, 9.17) is 4.74 Å². The molecule has 0 spiro atoms. The maximum absolute atomic E-state index is 12.0. The Bertz CT molecular complexity index is 555. The van der Waals surface area contributed by atoms with Gasteiger partial charge >= 0.3 is 6.09 Å². The van der Waals surface area contributed by atoms with Crippen LogP contribution in [0.5, 0.6) is 0 Å². The van der Waals surface area contributed by atoms with Crippen molar-refractivity contribution in [1.29, 1.82) is 0 Å². The highest BCUT2D eigenvalue weighted by Crippen LogP contribution is 2.18. The summed E-state index contributed by atoms with van der Waals surface area (Å²) >= 11 is 0. The molecule has 1 heterocycles. The Kier molecular flexibility index (Phi) is 5.06. The average Bonchev–Trinajstić information content (AvgIpc) is 2.91. The van der Waals surface area contributed by atoms with E-state index in [2.05, 4.69) is 18.3 Å². The topological polar surface area (TPSA) is 58.6 Å². The number of aryl methyl sites for hydroxylation is 2. The molecule has 1 aromatic carbocycles. The molecule has 0 radical (unpaired) electrons. The second kappa shape index (κ2) is 6.81. The molecule has 0 bridgehead atoms. The highest BCUT2D eigenvalue weighted by molar-refractivity contribution is 5.76. The quantitative estimate of drug-likeness (QED) is 0.877. The number of nitrogens with one attached hydrogen (secondary N) is 1. The third-order valence-electron chi connectivity index (χ3n) is 4.09. The number of carbonyl (C=O) groups is 2. The Balaban J connectivity index is 1.80. The minimum atomic E-state index is -0.439. The van der Waals surface area contributed by atoms with Crippen molar-refractivity contribution in [2.45, 2.75) is 39.2 Å². The minimum absolute atomic E-state index is 0.00360.